The number of aromatic nitrogens is 2. The van der Waals surface area contributed by atoms with Crippen molar-refractivity contribution in [1.29, 1.82) is 0 Å². The Morgan fingerprint density at radius 2 is 2.08 bits per heavy atom. The Balaban J connectivity index is 1.79. The van der Waals surface area contributed by atoms with E-state index in [9.17, 15) is 4.79 Å². The van der Waals surface area contributed by atoms with Crippen molar-refractivity contribution < 1.29 is 4.79 Å². The number of carbonyl (C=O) groups excluding carboxylic acids is 1. The minimum Gasteiger partial charge on any atom is -0.325 e. The number of benzene rings is 2. The maximum atomic E-state index is 11.8. The van der Waals surface area contributed by atoms with E-state index in [1.54, 1.807) is 12.4 Å². The van der Waals surface area contributed by atoms with Crippen LogP contribution in [0.4, 0.5) is 17.2 Å². The van der Waals surface area contributed by atoms with Crippen LogP contribution in [0.3, 0.4) is 0 Å². The predicted molar refractivity (Wildman–Crippen MR) is 105 cm³/mol. The molecule has 0 spiro atoms. The molecule has 3 aromatic rings. The van der Waals surface area contributed by atoms with E-state index in [4.69, 9.17) is 23.2 Å². The second-order valence-corrected chi connectivity index (χ2v) is 6.57. The van der Waals surface area contributed by atoms with Crippen LogP contribution in [-0.2, 0) is 11.2 Å². The third-order valence-electron chi connectivity index (χ3n) is 4.29. The topological polar surface area (TPSA) is 58.1 Å². The van der Waals surface area contributed by atoms with Gasteiger partial charge in [0.05, 0.1) is 5.52 Å². The van der Waals surface area contributed by atoms with Crippen LogP contribution < -0.4 is 10.2 Å². The molecular weight excluding hydrogens is 371 g/mol. The van der Waals surface area contributed by atoms with E-state index in [1.165, 1.54) is 17.2 Å². The first-order valence-corrected chi connectivity index (χ1v) is 8.85. The van der Waals surface area contributed by atoms with Gasteiger partial charge in [-0.1, -0.05) is 29.3 Å². The lowest BCUT2D eigenvalue weighted by Crippen LogP contribution is -2.15. The Hall–Kier alpha value is -2.63. The SMILES string of the molecule is O=C(/C=C\Cl)Nc1ccc2ncnc(N3CCc4ccc(Cl)cc43)c2c1. The molecule has 0 saturated heterocycles. The van der Waals surface area contributed by atoms with Crippen LogP contribution in [0.25, 0.3) is 10.9 Å². The number of hydrogen-bond acceptors (Lipinski definition) is 4. The number of amides is 1. The molecule has 0 bridgehead atoms. The summed E-state index contributed by atoms with van der Waals surface area (Å²) in [6.45, 7) is 0.813. The van der Waals surface area contributed by atoms with E-state index in [-0.39, 0.29) is 5.91 Å². The number of fused-ring (bicyclic) bond motifs is 2. The second-order valence-electron chi connectivity index (χ2n) is 5.89. The Labute approximate surface area is 160 Å². The van der Waals surface area contributed by atoms with E-state index < -0.39 is 0 Å². The first-order chi connectivity index (χ1) is 12.7. The summed E-state index contributed by atoms with van der Waals surface area (Å²) in [6, 6.07) is 11.4. The van der Waals surface area contributed by atoms with Gasteiger partial charge in [-0.25, -0.2) is 9.97 Å². The zero-order valence-electron chi connectivity index (χ0n) is 13.6. The number of halogens is 2. The largest absolute Gasteiger partial charge is 0.325 e. The lowest BCUT2D eigenvalue weighted by Gasteiger charge is -2.20. The standard InChI is InChI=1S/C19H14Cl2N4O/c20-7-5-18(26)24-14-3-4-16-15(10-14)19(23-11-22-16)25-8-6-12-1-2-13(21)9-17(12)25/h1-5,7,9-11H,6,8H2,(H,24,26)/b7-5-. The average molecular weight is 385 g/mol. The van der Waals surface area contributed by atoms with Crippen molar-refractivity contribution in [3.05, 3.63) is 64.9 Å². The molecule has 1 aromatic heterocycles. The van der Waals surface area contributed by atoms with Crippen molar-refractivity contribution >= 4 is 57.2 Å². The smallest absolute Gasteiger partial charge is 0.249 e. The van der Waals surface area contributed by atoms with Gasteiger partial charge in [-0.15, -0.1) is 0 Å². The zero-order chi connectivity index (χ0) is 18.1. The minimum atomic E-state index is -0.295. The average Bonchev–Trinajstić information content (AvgIpc) is 3.04. The number of nitrogens with zero attached hydrogens (tertiary/aromatic N) is 3. The number of nitrogens with one attached hydrogen (secondary N) is 1. The molecule has 0 atom stereocenters. The minimum absolute atomic E-state index is 0.295. The van der Waals surface area contributed by atoms with Gasteiger partial charge in [-0.05, 0) is 42.3 Å². The molecule has 1 aliphatic heterocycles. The van der Waals surface area contributed by atoms with Crippen molar-refractivity contribution in [3.8, 4) is 0 Å². The Bertz CT molecular complexity index is 1040. The molecule has 1 amide bonds. The summed E-state index contributed by atoms with van der Waals surface area (Å²) < 4.78 is 0. The van der Waals surface area contributed by atoms with E-state index in [2.05, 4.69) is 20.2 Å². The number of rotatable bonds is 3. The normalized spacial score (nSPS) is 13.4. The molecule has 2 aromatic carbocycles. The number of carbonyl (C=O) groups is 1. The van der Waals surface area contributed by atoms with Crippen LogP contribution >= 0.6 is 23.2 Å². The van der Waals surface area contributed by atoms with E-state index >= 15 is 0 Å². The van der Waals surface area contributed by atoms with Crippen molar-refractivity contribution in [1.82, 2.24) is 9.97 Å². The monoisotopic (exact) mass is 384 g/mol. The fraction of sp³-hybridized carbons (Fsp3) is 0.105. The Morgan fingerprint density at radius 1 is 1.19 bits per heavy atom. The molecule has 0 fully saturated rings. The summed E-state index contributed by atoms with van der Waals surface area (Å²) in [6.07, 6.45) is 3.73. The summed E-state index contributed by atoms with van der Waals surface area (Å²) in [4.78, 5) is 22.7. The summed E-state index contributed by atoms with van der Waals surface area (Å²) in [7, 11) is 0. The molecular formula is C19H14Cl2N4O. The highest BCUT2D eigenvalue weighted by atomic mass is 35.5. The van der Waals surface area contributed by atoms with Gasteiger partial charge < -0.3 is 10.2 Å². The van der Waals surface area contributed by atoms with Crippen molar-refractivity contribution in [2.45, 2.75) is 6.42 Å². The van der Waals surface area contributed by atoms with E-state index in [0.29, 0.717) is 10.7 Å². The van der Waals surface area contributed by atoms with Crippen LogP contribution in [-0.4, -0.2) is 22.4 Å². The first kappa shape index (κ1) is 16.8. The van der Waals surface area contributed by atoms with Gasteiger partial charge >= 0.3 is 0 Å². The van der Waals surface area contributed by atoms with Crippen molar-refractivity contribution in [2.75, 3.05) is 16.8 Å². The van der Waals surface area contributed by atoms with E-state index in [1.807, 2.05) is 30.3 Å². The lowest BCUT2D eigenvalue weighted by atomic mass is 10.1. The van der Waals surface area contributed by atoms with Crippen LogP contribution in [0.5, 0.6) is 0 Å². The number of hydrogen-bond donors (Lipinski definition) is 1. The molecule has 7 heteroatoms. The van der Waals surface area contributed by atoms with Gasteiger partial charge in [0, 0.05) is 39.9 Å². The zero-order valence-corrected chi connectivity index (χ0v) is 15.1. The van der Waals surface area contributed by atoms with Gasteiger partial charge in [0.25, 0.3) is 0 Å². The Kier molecular flexibility index (Phi) is 4.49. The maximum absolute atomic E-state index is 11.8. The molecule has 2 heterocycles. The van der Waals surface area contributed by atoms with Crippen LogP contribution in [0, 0.1) is 0 Å². The summed E-state index contributed by atoms with van der Waals surface area (Å²) in [5.41, 5.74) is 4.92. The van der Waals surface area contributed by atoms with Gasteiger partial charge in [0.2, 0.25) is 5.91 Å². The quantitative estimate of drug-likeness (QED) is 0.666. The molecule has 26 heavy (non-hydrogen) atoms. The third kappa shape index (κ3) is 3.11. The van der Waals surface area contributed by atoms with Crippen LogP contribution in [0.2, 0.25) is 5.02 Å². The number of anilines is 3. The third-order valence-corrected chi connectivity index (χ3v) is 4.66. The molecule has 0 saturated carbocycles. The fourth-order valence-electron chi connectivity index (χ4n) is 3.15. The highest BCUT2D eigenvalue weighted by molar-refractivity contribution is 6.31. The predicted octanol–water partition coefficient (Wildman–Crippen LogP) is 4.67. The molecule has 0 radical (unpaired) electrons. The summed E-state index contributed by atoms with van der Waals surface area (Å²) in [5, 5.41) is 4.32. The van der Waals surface area contributed by atoms with Gasteiger partial charge in [-0.2, -0.15) is 0 Å². The van der Waals surface area contributed by atoms with Crippen molar-refractivity contribution in [2.24, 2.45) is 0 Å². The molecule has 0 unspecified atom stereocenters. The molecule has 0 aliphatic carbocycles. The highest BCUT2D eigenvalue weighted by Crippen LogP contribution is 2.38. The second kappa shape index (κ2) is 6.94. The maximum Gasteiger partial charge on any atom is 0.249 e. The molecule has 130 valence electrons. The molecule has 1 N–H and O–H groups in total. The van der Waals surface area contributed by atoms with Crippen molar-refractivity contribution in [3.63, 3.8) is 0 Å². The molecule has 4 rings (SSSR count). The van der Waals surface area contributed by atoms with E-state index in [0.717, 1.165) is 35.4 Å². The summed E-state index contributed by atoms with van der Waals surface area (Å²) >= 11 is 11.6. The molecule has 1 aliphatic rings. The molecule has 5 nitrogen and oxygen atoms in total. The summed E-state index contributed by atoms with van der Waals surface area (Å²) in [5.74, 6) is 0.496. The van der Waals surface area contributed by atoms with Gasteiger partial charge in [-0.3, -0.25) is 4.79 Å². The first-order valence-electron chi connectivity index (χ1n) is 8.04. The van der Waals surface area contributed by atoms with Gasteiger partial charge in [0.1, 0.15) is 12.1 Å². The van der Waals surface area contributed by atoms with Crippen LogP contribution in [0.15, 0.2) is 54.3 Å². The fourth-order valence-corrected chi connectivity index (χ4v) is 3.43. The lowest BCUT2D eigenvalue weighted by molar-refractivity contribution is -0.111. The Morgan fingerprint density at radius 3 is 2.92 bits per heavy atom. The van der Waals surface area contributed by atoms with Gasteiger partial charge in [0.15, 0.2) is 0 Å². The van der Waals surface area contributed by atoms with Crippen LogP contribution in [0.1, 0.15) is 5.56 Å². The highest BCUT2D eigenvalue weighted by Gasteiger charge is 2.23.